The van der Waals surface area contributed by atoms with Gasteiger partial charge >= 0.3 is 0 Å². The Bertz CT molecular complexity index is 357. The van der Waals surface area contributed by atoms with E-state index in [9.17, 15) is 13.2 Å². The molecule has 1 atom stereocenters. The fraction of sp³-hybridized carbons (Fsp3) is 0.900. The molecule has 94 valence electrons. The van der Waals surface area contributed by atoms with Gasteiger partial charge in [0.25, 0.3) is 0 Å². The Hall–Kier alpha value is -0.230. The minimum absolute atomic E-state index is 0.0261. The van der Waals surface area contributed by atoms with Crippen LogP contribution in [-0.4, -0.2) is 42.4 Å². The molecule has 0 aromatic carbocycles. The first kappa shape index (κ1) is 13.8. The minimum atomic E-state index is -2.83. The first-order valence-electron chi connectivity index (χ1n) is 5.31. The molecule has 0 aromatic heterocycles. The van der Waals surface area contributed by atoms with Crippen LogP contribution >= 0.6 is 11.8 Å². The van der Waals surface area contributed by atoms with Gasteiger partial charge in [0.2, 0.25) is 5.91 Å². The van der Waals surface area contributed by atoms with E-state index in [4.69, 9.17) is 0 Å². The highest BCUT2D eigenvalue weighted by Crippen LogP contribution is 2.24. The van der Waals surface area contributed by atoms with Crippen molar-refractivity contribution >= 4 is 27.5 Å². The molecule has 0 aromatic rings. The molecule has 6 heteroatoms. The predicted molar refractivity (Wildman–Crippen MR) is 67.4 cm³/mol. The zero-order valence-corrected chi connectivity index (χ0v) is 11.6. The summed E-state index contributed by atoms with van der Waals surface area (Å²) in [5, 5.41) is 2.95. The van der Waals surface area contributed by atoms with Crippen LogP contribution < -0.4 is 5.32 Å². The largest absolute Gasteiger partial charge is 0.351 e. The van der Waals surface area contributed by atoms with Gasteiger partial charge in [-0.15, -0.1) is 11.8 Å². The van der Waals surface area contributed by atoms with Crippen molar-refractivity contribution in [1.29, 1.82) is 0 Å². The molecule has 1 unspecified atom stereocenters. The van der Waals surface area contributed by atoms with Gasteiger partial charge in [0.05, 0.1) is 17.3 Å². The topological polar surface area (TPSA) is 63.2 Å². The minimum Gasteiger partial charge on any atom is -0.351 e. The van der Waals surface area contributed by atoms with Crippen molar-refractivity contribution in [2.24, 2.45) is 0 Å². The van der Waals surface area contributed by atoms with Crippen molar-refractivity contribution in [1.82, 2.24) is 5.32 Å². The van der Waals surface area contributed by atoms with Crippen molar-refractivity contribution in [2.75, 3.05) is 17.3 Å². The second-order valence-corrected chi connectivity index (χ2v) is 8.65. The summed E-state index contributed by atoms with van der Waals surface area (Å²) in [6.07, 6.45) is 0.676. The molecule has 0 bridgehead atoms. The van der Waals surface area contributed by atoms with E-state index in [0.717, 1.165) is 0 Å². The molecule has 0 radical (unpaired) electrons. The number of amides is 1. The molecule has 1 saturated heterocycles. The van der Waals surface area contributed by atoms with Gasteiger partial charge in [0, 0.05) is 10.8 Å². The van der Waals surface area contributed by atoms with Crippen molar-refractivity contribution in [3.05, 3.63) is 0 Å². The summed E-state index contributed by atoms with van der Waals surface area (Å²) in [5.41, 5.74) is -0.223. The smallest absolute Gasteiger partial charge is 0.230 e. The monoisotopic (exact) mass is 265 g/mol. The zero-order chi connectivity index (χ0) is 12.4. The van der Waals surface area contributed by atoms with Gasteiger partial charge in [-0.25, -0.2) is 8.42 Å². The molecule has 1 amide bonds. The molecule has 1 aliphatic rings. The van der Waals surface area contributed by atoms with E-state index in [1.807, 2.05) is 20.8 Å². The van der Waals surface area contributed by atoms with Crippen LogP contribution in [0.15, 0.2) is 0 Å². The van der Waals surface area contributed by atoms with Crippen LogP contribution in [0, 0.1) is 0 Å². The summed E-state index contributed by atoms with van der Waals surface area (Å²) in [5.74, 6) is 0.811. The quantitative estimate of drug-likeness (QED) is 0.820. The second kappa shape index (κ2) is 4.96. The van der Waals surface area contributed by atoms with E-state index >= 15 is 0 Å². The molecule has 1 N–H and O–H groups in total. The summed E-state index contributed by atoms with van der Waals surface area (Å²) in [6.45, 7) is 5.78. The Kier molecular flexibility index (Phi) is 4.29. The lowest BCUT2D eigenvalue weighted by Crippen LogP contribution is -2.41. The van der Waals surface area contributed by atoms with Gasteiger partial charge < -0.3 is 5.32 Å². The third kappa shape index (κ3) is 5.21. The van der Waals surface area contributed by atoms with Crippen LogP contribution in [0.1, 0.15) is 27.2 Å². The van der Waals surface area contributed by atoms with Crippen molar-refractivity contribution in [2.45, 2.75) is 38.0 Å². The Balaban J connectivity index is 2.29. The molecule has 1 heterocycles. The van der Waals surface area contributed by atoms with E-state index in [0.29, 0.717) is 12.2 Å². The maximum Gasteiger partial charge on any atom is 0.230 e. The fourth-order valence-corrected chi connectivity index (χ4v) is 4.98. The molecule has 1 aliphatic heterocycles. The molecule has 1 rings (SSSR count). The van der Waals surface area contributed by atoms with Crippen LogP contribution in [0.3, 0.4) is 0 Å². The van der Waals surface area contributed by atoms with Crippen LogP contribution in [0.5, 0.6) is 0 Å². The van der Waals surface area contributed by atoms with Crippen molar-refractivity contribution in [3.8, 4) is 0 Å². The number of carbonyl (C=O) groups is 1. The number of rotatable bonds is 3. The summed E-state index contributed by atoms with van der Waals surface area (Å²) >= 11 is 1.44. The predicted octanol–water partition coefficient (Wildman–Crippen LogP) is 0.821. The van der Waals surface area contributed by atoms with E-state index in [1.54, 1.807) is 0 Å². The molecule has 1 fully saturated rings. The fourth-order valence-electron chi connectivity index (χ4n) is 1.54. The Morgan fingerprint density at radius 2 is 2.06 bits per heavy atom. The lowest BCUT2D eigenvalue weighted by Gasteiger charge is -2.20. The SMILES string of the molecule is CC(C)(C)NC(=O)CSC1CCS(=O)(=O)C1. The number of thioether (sulfide) groups is 1. The maximum absolute atomic E-state index is 11.5. The Morgan fingerprint density at radius 1 is 1.44 bits per heavy atom. The van der Waals surface area contributed by atoms with Gasteiger partial charge in [-0.05, 0) is 27.2 Å². The number of nitrogens with one attached hydrogen (secondary N) is 1. The van der Waals surface area contributed by atoms with Crippen LogP contribution in [0.4, 0.5) is 0 Å². The lowest BCUT2D eigenvalue weighted by molar-refractivity contribution is -0.119. The molecule has 0 spiro atoms. The summed E-state index contributed by atoms with van der Waals surface area (Å²) in [6, 6.07) is 0. The van der Waals surface area contributed by atoms with Gasteiger partial charge in [-0.2, -0.15) is 0 Å². The zero-order valence-electron chi connectivity index (χ0n) is 9.95. The van der Waals surface area contributed by atoms with Gasteiger partial charge in [0.15, 0.2) is 9.84 Å². The first-order chi connectivity index (χ1) is 7.18. The van der Waals surface area contributed by atoms with Gasteiger partial charge in [-0.3, -0.25) is 4.79 Å². The first-order valence-corrected chi connectivity index (χ1v) is 8.18. The van der Waals surface area contributed by atoms with Crippen molar-refractivity contribution in [3.63, 3.8) is 0 Å². The number of sulfone groups is 1. The molecule has 16 heavy (non-hydrogen) atoms. The number of hydrogen-bond donors (Lipinski definition) is 1. The van der Waals surface area contributed by atoms with E-state index < -0.39 is 9.84 Å². The molecule has 4 nitrogen and oxygen atoms in total. The van der Waals surface area contributed by atoms with E-state index in [-0.39, 0.29) is 28.2 Å². The Labute approximate surface area is 101 Å². The Morgan fingerprint density at radius 3 is 2.50 bits per heavy atom. The summed E-state index contributed by atoms with van der Waals surface area (Å²) in [4.78, 5) is 11.5. The van der Waals surface area contributed by atoms with Crippen LogP contribution in [0.25, 0.3) is 0 Å². The second-order valence-electron chi connectivity index (χ2n) is 5.13. The third-order valence-corrected chi connectivity index (χ3v) is 5.44. The summed E-state index contributed by atoms with van der Waals surface area (Å²) in [7, 11) is -2.83. The standard InChI is InChI=1S/C10H19NO3S2/c1-10(2,3)11-9(12)6-15-8-4-5-16(13,14)7-8/h8H,4-7H2,1-3H3,(H,11,12). The van der Waals surface area contributed by atoms with Gasteiger partial charge in [-0.1, -0.05) is 0 Å². The van der Waals surface area contributed by atoms with E-state index in [1.165, 1.54) is 11.8 Å². The molecule has 0 saturated carbocycles. The normalized spacial score (nSPS) is 24.3. The number of hydrogen-bond acceptors (Lipinski definition) is 4. The highest BCUT2D eigenvalue weighted by Gasteiger charge is 2.28. The lowest BCUT2D eigenvalue weighted by atomic mass is 10.1. The number of carbonyl (C=O) groups excluding carboxylic acids is 1. The highest BCUT2D eigenvalue weighted by molar-refractivity contribution is 8.02. The average molecular weight is 265 g/mol. The van der Waals surface area contributed by atoms with Crippen LogP contribution in [0.2, 0.25) is 0 Å². The van der Waals surface area contributed by atoms with Gasteiger partial charge in [0.1, 0.15) is 0 Å². The third-order valence-electron chi connectivity index (χ3n) is 2.16. The van der Waals surface area contributed by atoms with E-state index in [2.05, 4.69) is 5.32 Å². The van der Waals surface area contributed by atoms with Crippen LogP contribution in [-0.2, 0) is 14.6 Å². The highest BCUT2D eigenvalue weighted by atomic mass is 32.2. The van der Waals surface area contributed by atoms with Crippen molar-refractivity contribution < 1.29 is 13.2 Å². The molecular weight excluding hydrogens is 246 g/mol. The molecular formula is C10H19NO3S2. The molecule has 0 aliphatic carbocycles. The maximum atomic E-state index is 11.5. The summed E-state index contributed by atoms with van der Waals surface area (Å²) < 4.78 is 22.4. The average Bonchev–Trinajstić information content (AvgIpc) is 2.39.